The first kappa shape index (κ1) is 11.2. The number of rotatable bonds is 3. The van der Waals surface area contributed by atoms with Gasteiger partial charge in [-0.2, -0.15) is 0 Å². The molecule has 0 aromatic rings. The highest BCUT2D eigenvalue weighted by atomic mass is 35.5. The van der Waals surface area contributed by atoms with Gasteiger partial charge in [-0.1, -0.05) is 11.6 Å². The van der Waals surface area contributed by atoms with Crippen molar-refractivity contribution in [2.24, 2.45) is 4.99 Å². The van der Waals surface area contributed by atoms with Crippen molar-refractivity contribution in [1.82, 2.24) is 0 Å². The van der Waals surface area contributed by atoms with Gasteiger partial charge in [-0.05, 0) is 32.3 Å². The molecule has 0 heterocycles. The van der Waals surface area contributed by atoms with Crippen LogP contribution in [0.5, 0.6) is 0 Å². The molecule has 0 radical (unpaired) electrons. The van der Waals surface area contributed by atoms with Crippen LogP contribution >= 0.6 is 11.6 Å². The Balaban J connectivity index is 2.44. The van der Waals surface area contributed by atoms with E-state index < -0.39 is 0 Å². The molecule has 1 aliphatic carbocycles. The molecule has 0 N–H and O–H groups in total. The van der Waals surface area contributed by atoms with Gasteiger partial charge in [0.15, 0.2) is 0 Å². The van der Waals surface area contributed by atoms with E-state index in [0.717, 1.165) is 30.0 Å². The first-order chi connectivity index (χ1) is 6.72. The predicted octanol–water partition coefficient (Wildman–Crippen LogP) is 2.30. The lowest BCUT2D eigenvalue weighted by Gasteiger charge is -2.08. The lowest BCUT2D eigenvalue weighted by atomic mass is 10.1. The Morgan fingerprint density at radius 2 is 2.43 bits per heavy atom. The van der Waals surface area contributed by atoms with Gasteiger partial charge in [0.1, 0.15) is 6.54 Å². The van der Waals surface area contributed by atoms with Crippen molar-refractivity contribution in [2.45, 2.75) is 26.2 Å². The molecule has 0 aliphatic heterocycles. The SMILES string of the molecule is CCOC(=O)CN=C1C=C(Cl)CCC1. The fraction of sp³-hybridized carbons (Fsp3) is 0.600. The van der Waals surface area contributed by atoms with Crippen LogP contribution in [0.4, 0.5) is 0 Å². The lowest BCUT2D eigenvalue weighted by molar-refractivity contribution is -0.141. The van der Waals surface area contributed by atoms with Crippen LogP contribution < -0.4 is 0 Å². The van der Waals surface area contributed by atoms with Gasteiger partial charge in [-0.25, -0.2) is 0 Å². The van der Waals surface area contributed by atoms with E-state index in [4.69, 9.17) is 16.3 Å². The number of carbonyl (C=O) groups excluding carboxylic acids is 1. The van der Waals surface area contributed by atoms with E-state index in [1.54, 1.807) is 6.92 Å². The number of esters is 1. The van der Waals surface area contributed by atoms with E-state index in [9.17, 15) is 4.79 Å². The molecule has 0 saturated carbocycles. The number of nitrogens with zero attached hydrogens (tertiary/aromatic N) is 1. The molecule has 14 heavy (non-hydrogen) atoms. The summed E-state index contributed by atoms with van der Waals surface area (Å²) in [5.41, 5.74) is 0.898. The van der Waals surface area contributed by atoms with Crippen LogP contribution in [-0.4, -0.2) is 24.8 Å². The summed E-state index contributed by atoms with van der Waals surface area (Å²) in [6.07, 6.45) is 4.66. The summed E-state index contributed by atoms with van der Waals surface area (Å²) in [5.74, 6) is -0.282. The van der Waals surface area contributed by atoms with Gasteiger partial charge in [0.25, 0.3) is 0 Å². The van der Waals surface area contributed by atoms with Crippen molar-refractivity contribution >= 4 is 23.3 Å². The summed E-state index contributed by atoms with van der Waals surface area (Å²) >= 11 is 5.85. The van der Waals surface area contributed by atoms with E-state index in [2.05, 4.69) is 4.99 Å². The van der Waals surface area contributed by atoms with Gasteiger partial charge >= 0.3 is 5.97 Å². The van der Waals surface area contributed by atoms with Crippen LogP contribution in [0.2, 0.25) is 0 Å². The van der Waals surface area contributed by atoms with E-state index in [-0.39, 0.29) is 12.5 Å². The third-order valence-corrected chi connectivity index (χ3v) is 2.19. The number of aliphatic imine (C=N–C) groups is 1. The van der Waals surface area contributed by atoms with Crippen LogP contribution in [0.25, 0.3) is 0 Å². The number of halogens is 1. The molecule has 1 aliphatic rings. The fourth-order valence-corrected chi connectivity index (χ4v) is 1.52. The van der Waals surface area contributed by atoms with Crippen molar-refractivity contribution < 1.29 is 9.53 Å². The van der Waals surface area contributed by atoms with Crippen molar-refractivity contribution in [2.75, 3.05) is 13.2 Å². The highest BCUT2D eigenvalue weighted by Crippen LogP contribution is 2.18. The van der Waals surface area contributed by atoms with Crippen molar-refractivity contribution in [3.05, 3.63) is 11.1 Å². The topological polar surface area (TPSA) is 38.7 Å². The molecule has 0 atom stereocenters. The molecule has 0 aromatic heterocycles. The maximum atomic E-state index is 11.0. The molecular weight excluding hydrogens is 202 g/mol. The molecule has 0 saturated heterocycles. The largest absolute Gasteiger partial charge is 0.465 e. The number of hydrogen-bond acceptors (Lipinski definition) is 3. The van der Waals surface area contributed by atoms with Gasteiger partial charge in [0, 0.05) is 10.7 Å². The molecule has 78 valence electrons. The highest BCUT2D eigenvalue weighted by Gasteiger charge is 2.07. The van der Waals surface area contributed by atoms with Gasteiger partial charge in [-0.15, -0.1) is 0 Å². The Hall–Kier alpha value is -0.830. The summed E-state index contributed by atoms with van der Waals surface area (Å²) in [5, 5.41) is 0.818. The summed E-state index contributed by atoms with van der Waals surface area (Å²) in [4.78, 5) is 15.1. The second-order valence-corrected chi connectivity index (χ2v) is 3.54. The molecular formula is C10H14ClNO2. The van der Waals surface area contributed by atoms with Crippen LogP contribution in [0, 0.1) is 0 Å². The van der Waals surface area contributed by atoms with Crippen molar-refractivity contribution in [3.63, 3.8) is 0 Å². The quantitative estimate of drug-likeness (QED) is 0.678. The number of hydrogen-bond donors (Lipinski definition) is 0. The first-order valence-electron chi connectivity index (χ1n) is 4.77. The molecule has 0 amide bonds. The second kappa shape index (κ2) is 5.81. The first-order valence-corrected chi connectivity index (χ1v) is 5.15. The molecule has 0 aromatic carbocycles. The number of allylic oxidation sites excluding steroid dienone is 2. The van der Waals surface area contributed by atoms with Crippen LogP contribution in [0.1, 0.15) is 26.2 Å². The lowest BCUT2D eigenvalue weighted by Crippen LogP contribution is -2.10. The zero-order valence-corrected chi connectivity index (χ0v) is 9.01. The standard InChI is InChI=1S/C10H14ClNO2/c1-2-14-10(13)7-12-9-5-3-4-8(11)6-9/h6H,2-5,7H2,1H3. The molecule has 0 bridgehead atoms. The minimum atomic E-state index is -0.282. The van der Waals surface area contributed by atoms with Gasteiger partial charge < -0.3 is 4.74 Å². The molecule has 0 fully saturated rings. The Bertz CT molecular complexity index is 271. The van der Waals surface area contributed by atoms with Gasteiger partial charge in [-0.3, -0.25) is 9.79 Å². The molecule has 3 nitrogen and oxygen atoms in total. The molecule has 0 unspecified atom stereocenters. The van der Waals surface area contributed by atoms with Crippen LogP contribution in [0.15, 0.2) is 16.1 Å². The van der Waals surface area contributed by atoms with Gasteiger partial charge in [0.2, 0.25) is 0 Å². The Kier molecular flexibility index (Phi) is 4.66. The van der Waals surface area contributed by atoms with Gasteiger partial charge in [0.05, 0.1) is 6.61 Å². The molecule has 1 rings (SSSR count). The predicted molar refractivity (Wildman–Crippen MR) is 56.7 cm³/mol. The average Bonchev–Trinajstić information content (AvgIpc) is 2.15. The van der Waals surface area contributed by atoms with Crippen LogP contribution in [0.3, 0.4) is 0 Å². The minimum absolute atomic E-state index is 0.101. The van der Waals surface area contributed by atoms with Crippen LogP contribution in [-0.2, 0) is 9.53 Å². The summed E-state index contributed by atoms with van der Waals surface area (Å²) in [6, 6.07) is 0. The minimum Gasteiger partial charge on any atom is -0.465 e. The zero-order valence-electron chi connectivity index (χ0n) is 8.25. The Morgan fingerprint density at radius 1 is 1.64 bits per heavy atom. The number of carbonyl (C=O) groups is 1. The van der Waals surface area contributed by atoms with E-state index >= 15 is 0 Å². The number of ether oxygens (including phenoxy) is 1. The normalized spacial score (nSPS) is 19.3. The average molecular weight is 216 g/mol. The molecule has 0 spiro atoms. The van der Waals surface area contributed by atoms with E-state index in [0.29, 0.717) is 6.61 Å². The third kappa shape index (κ3) is 3.92. The second-order valence-electron chi connectivity index (χ2n) is 3.06. The fourth-order valence-electron chi connectivity index (χ4n) is 1.26. The maximum Gasteiger partial charge on any atom is 0.327 e. The van der Waals surface area contributed by atoms with E-state index in [1.807, 2.05) is 6.08 Å². The monoisotopic (exact) mass is 215 g/mol. The Morgan fingerprint density at radius 3 is 3.07 bits per heavy atom. The summed E-state index contributed by atoms with van der Waals surface area (Å²) in [7, 11) is 0. The van der Waals surface area contributed by atoms with E-state index in [1.165, 1.54) is 0 Å². The summed E-state index contributed by atoms with van der Waals surface area (Å²) in [6.45, 7) is 2.28. The van der Waals surface area contributed by atoms with Crippen molar-refractivity contribution in [1.29, 1.82) is 0 Å². The zero-order chi connectivity index (χ0) is 10.4. The maximum absolute atomic E-state index is 11.0. The summed E-state index contributed by atoms with van der Waals surface area (Å²) < 4.78 is 4.76. The molecule has 4 heteroatoms. The highest BCUT2D eigenvalue weighted by molar-refractivity contribution is 6.31. The van der Waals surface area contributed by atoms with Crippen molar-refractivity contribution in [3.8, 4) is 0 Å². The third-order valence-electron chi connectivity index (χ3n) is 1.89. The Labute approximate surface area is 88.8 Å². The smallest absolute Gasteiger partial charge is 0.327 e.